The highest BCUT2D eigenvalue weighted by Gasteiger charge is 2.22. The summed E-state index contributed by atoms with van der Waals surface area (Å²) in [6.45, 7) is 3.41. The van der Waals surface area contributed by atoms with E-state index < -0.39 is 0 Å². The van der Waals surface area contributed by atoms with Crippen molar-refractivity contribution in [2.45, 2.75) is 6.54 Å². The Bertz CT molecular complexity index is 766. The first-order valence-electron chi connectivity index (χ1n) is 7.99. The molecule has 2 aromatic rings. The fraction of sp³-hybridized carbons (Fsp3) is 0.278. The Morgan fingerprint density at radius 3 is 2.56 bits per heavy atom. The first kappa shape index (κ1) is 18.2. The third kappa shape index (κ3) is 4.71. The van der Waals surface area contributed by atoms with Crippen molar-refractivity contribution in [3.8, 4) is 0 Å². The predicted octanol–water partition coefficient (Wildman–Crippen LogP) is 4.59. The van der Waals surface area contributed by atoms with Crippen molar-refractivity contribution in [3.05, 3.63) is 63.3 Å². The molecule has 0 spiro atoms. The van der Waals surface area contributed by atoms with Gasteiger partial charge in [-0.15, -0.1) is 0 Å². The maximum atomic E-state index is 13.1. The molecule has 1 aliphatic rings. The molecule has 7 heteroatoms. The second kappa shape index (κ2) is 8.17. The summed E-state index contributed by atoms with van der Waals surface area (Å²) in [4.78, 5) is 16.4. The molecule has 1 saturated heterocycles. The molecule has 2 aromatic carbocycles. The minimum atomic E-state index is -0.331. The third-order valence-electron chi connectivity index (χ3n) is 4.18. The Hall–Kier alpha value is -1.63. The number of piperazine rings is 1. The second-order valence-electron chi connectivity index (χ2n) is 5.91. The van der Waals surface area contributed by atoms with E-state index in [1.807, 2.05) is 24.3 Å². The molecular weight excluding hydrogens is 409 g/mol. The van der Waals surface area contributed by atoms with E-state index in [0.29, 0.717) is 24.7 Å². The Morgan fingerprint density at radius 2 is 1.88 bits per heavy atom. The molecule has 0 unspecified atom stereocenters. The van der Waals surface area contributed by atoms with Crippen LogP contribution in [-0.4, -0.2) is 42.0 Å². The van der Waals surface area contributed by atoms with Gasteiger partial charge in [-0.1, -0.05) is 29.8 Å². The van der Waals surface area contributed by atoms with Crippen molar-refractivity contribution in [1.29, 1.82) is 0 Å². The highest BCUT2D eigenvalue weighted by atomic mass is 79.9. The van der Waals surface area contributed by atoms with Gasteiger partial charge in [-0.3, -0.25) is 4.90 Å². The first-order valence-corrected chi connectivity index (χ1v) is 9.17. The van der Waals surface area contributed by atoms with E-state index in [2.05, 4.69) is 26.1 Å². The molecule has 0 atom stereocenters. The molecule has 1 fully saturated rings. The lowest BCUT2D eigenvalue weighted by Crippen LogP contribution is -2.49. The van der Waals surface area contributed by atoms with Gasteiger partial charge in [0.05, 0.1) is 5.69 Å². The van der Waals surface area contributed by atoms with Crippen molar-refractivity contribution in [2.24, 2.45) is 0 Å². The van der Waals surface area contributed by atoms with E-state index in [0.717, 1.165) is 28.8 Å². The fourth-order valence-electron chi connectivity index (χ4n) is 2.76. The average Bonchev–Trinajstić information content (AvgIpc) is 2.60. The van der Waals surface area contributed by atoms with Gasteiger partial charge in [0.25, 0.3) is 0 Å². The maximum Gasteiger partial charge on any atom is 0.321 e. The standard InChI is InChI=1S/C18H18BrClFN3O/c19-15-3-1-2-4-17(15)22-18(25)24-9-7-23(8-10-24)12-13-5-6-14(21)11-16(13)20/h1-6,11H,7-10,12H2,(H,22,25). The molecule has 1 heterocycles. The normalized spacial score (nSPS) is 15.2. The van der Waals surface area contributed by atoms with Gasteiger partial charge in [0.1, 0.15) is 5.82 Å². The summed E-state index contributed by atoms with van der Waals surface area (Å²) < 4.78 is 14.0. The predicted molar refractivity (Wildman–Crippen MR) is 101 cm³/mol. The van der Waals surface area contributed by atoms with E-state index in [1.54, 1.807) is 11.0 Å². The van der Waals surface area contributed by atoms with E-state index in [4.69, 9.17) is 11.6 Å². The number of para-hydroxylation sites is 1. The van der Waals surface area contributed by atoms with E-state index in [9.17, 15) is 9.18 Å². The minimum Gasteiger partial charge on any atom is -0.322 e. The van der Waals surface area contributed by atoms with Crippen molar-refractivity contribution in [2.75, 3.05) is 31.5 Å². The summed E-state index contributed by atoms with van der Waals surface area (Å²) in [6.07, 6.45) is 0. The largest absolute Gasteiger partial charge is 0.322 e. The topological polar surface area (TPSA) is 35.6 Å². The zero-order chi connectivity index (χ0) is 17.8. The van der Waals surface area contributed by atoms with Crippen LogP contribution in [0.5, 0.6) is 0 Å². The van der Waals surface area contributed by atoms with Crippen LogP contribution in [0.4, 0.5) is 14.9 Å². The van der Waals surface area contributed by atoms with E-state index >= 15 is 0 Å². The monoisotopic (exact) mass is 425 g/mol. The molecule has 132 valence electrons. The number of benzene rings is 2. The summed E-state index contributed by atoms with van der Waals surface area (Å²) in [7, 11) is 0. The summed E-state index contributed by atoms with van der Waals surface area (Å²) in [5, 5.41) is 3.36. The molecule has 4 nitrogen and oxygen atoms in total. The smallest absolute Gasteiger partial charge is 0.321 e. The molecule has 0 radical (unpaired) electrons. The van der Waals surface area contributed by atoms with Crippen LogP contribution in [0.25, 0.3) is 0 Å². The number of amides is 2. The van der Waals surface area contributed by atoms with Crippen LogP contribution in [0.3, 0.4) is 0 Å². The van der Waals surface area contributed by atoms with Gasteiger partial charge < -0.3 is 10.2 Å². The van der Waals surface area contributed by atoms with E-state index in [1.165, 1.54) is 12.1 Å². The number of hydrogen-bond donors (Lipinski definition) is 1. The molecule has 0 aliphatic carbocycles. The number of hydrogen-bond acceptors (Lipinski definition) is 2. The highest BCUT2D eigenvalue weighted by molar-refractivity contribution is 9.10. The van der Waals surface area contributed by atoms with Gasteiger partial charge in [0.2, 0.25) is 0 Å². The summed E-state index contributed by atoms with van der Waals surface area (Å²) in [5.41, 5.74) is 1.65. The Morgan fingerprint density at radius 1 is 1.16 bits per heavy atom. The molecule has 1 aliphatic heterocycles. The first-order chi connectivity index (χ1) is 12.0. The number of nitrogens with one attached hydrogen (secondary N) is 1. The number of halogens is 3. The average molecular weight is 427 g/mol. The lowest BCUT2D eigenvalue weighted by Gasteiger charge is -2.34. The Labute approximate surface area is 159 Å². The highest BCUT2D eigenvalue weighted by Crippen LogP contribution is 2.22. The van der Waals surface area contributed by atoms with Crippen LogP contribution >= 0.6 is 27.5 Å². The van der Waals surface area contributed by atoms with Crippen LogP contribution in [0.2, 0.25) is 5.02 Å². The zero-order valence-corrected chi connectivity index (χ0v) is 15.9. The Balaban J connectivity index is 1.53. The van der Waals surface area contributed by atoms with Gasteiger partial charge in [0, 0.05) is 42.2 Å². The van der Waals surface area contributed by atoms with Gasteiger partial charge in [-0.25, -0.2) is 9.18 Å². The third-order valence-corrected chi connectivity index (χ3v) is 5.23. The van der Waals surface area contributed by atoms with Crippen LogP contribution < -0.4 is 5.32 Å². The number of anilines is 1. The molecular formula is C18H18BrClFN3O. The quantitative estimate of drug-likeness (QED) is 0.779. The van der Waals surface area contributed by atoms with Crippen molar-refractivity contribution in [3.63, 3.8) is 0 Å². The number of carbonyl (C=O) groups excluding carboxylic acids is 1. The van der Waals surface area contributed by atoms with Crippen LogP contribution in [0.1, 0.15) is 5.56 Å². The molecule has 1 N–H and O–H groups in total. The van der Waals surface area contributed by atoms with Gasteiger partial charge in [0.15, 0.2) is 0 Å². The number of rotatable bonds is 3. The fourth-order valence-corrected chi connectivity index (χ4v) is 3.37. The molecule has 0 aromatic heterocycles. The van der Waals surface area contributed by atoms with Crippen LogP contribution in [0, 0.1) is 5.82 Å². The molecule has 3 rings (SSSR count). The van der Waals surface area contributed by atoms with Crippen LogP contribution in [-0.2, 0) is 6.54 Å². The molecule has 25 heavy (non-hydrogen) atoms. The summed E-state index contributed by atoms with van der Waals surface area (Å²) in [6, 6.07) is 11.9. The van der Waals surface area contributed by atoms with Gasteiger partial charge >= 0.3 is 6.03 Å². The molecule has 2 amide bonds. The van der Waals surface area contributed by atoms with Crippen molar-refractivity contribution >= 4 is 39.2 Å². The maximum absolute atomic E-state index is 13.1. The zero-order valence-electron chi connectivity index (χ0n) is 13.5. The number of urea groups is 1. The lowest BCUT2D eigenvalue weighted by molar-refractivity contribution is 0.143. The van der Waals surface area contributed by atoms with E-state index in [-0.39, 0.29) is 11.8 Å². The molecule has 0 bridgehead atoms. The van der Waals surface area contributed by atoms with Crippen molar-refractivity contribution < 1.29 is 9.18 Å². The second-order valence-corrected chi connectivity index (χ2v) is 7.17. The van der Waals surface area contributed by atoms with Crippen LogP contribution in [0.15, 0.2) is 46.9 Å². The summed E-state index contributed by atoms with van der Waals surface area (Å²) >= 11 is 9.51. The SMILES string of the molecule is O=C(Nc1ccccc1Br)N1CCN(Cc2ccc(F)cc2Cl)CC1. The van der Waals surface area contributed by atoms with Gasteiger partial charge in [-0.05, 0) is 45.8 Å². The number of nitrogens with zero attached hydrogens (tertiary/aromatic N) is 2. The lowest BCUT2D eigenvalue weighted by atomic mass is 10.2. The minimum absolute atomic E-state index is 0.105. The van der Waals surface area contributed by atoms with Crippen molar-refractivity contribution in [1.82, 2.24) is 9.80 Å². The van der Waals surface area contributed by atoms with Gasteiger partial charge in [-0.2, -0.15) is 0 Å². The Kier molecular flexibility index (Phi) is 5.93. The molecule has 0 saturated carbocycles. The number of carbonyl (C=O) groups is 1. The summed E-state index contributed by atoms with van der Waals surface area (Å²) in [5.74, 6) is -0.331.